The number of rotatable bonds is 2. The molecule has 1 unspecified atom stereocenters. The molecule has 1 amide bonds. The molecule has 0 spiro atoms. The van der Waals surface area contributed by atoms with Crippen molar-refractivity contribution in [3.63, 3.8) is 0 Å². The number of esters is 1. The fourth-order valence-electron chi connectivity index (χ4n) is 9.09. The summed E-state index contributed by atoms with van der Waals surface area (Å²) in [6, 6.07) is 0. The largest absolute Gasteiger partial charge is 0.504 e. The zero-order valence-electron chi connectivity index (χ0n) is 24.0. The highest BCUT2D eigenvalue weighted by Crippen LogP contribution is 2.75. The Balaban J connectivity index is 1.53. The second-order valence-electron chi connectivity index (χ2n) is 13.8. The summed E-state index contributed by atoms with van der Waals surface area (Å²) in [5.41, 5.74) is 3.41. The van der Waals surface area contributed by atoms with Crippen molar-refractivity contribution >= 4 is 17.7 Å². The van der Waals surface area contributed by atoms with Gasteiger partial charge in [-0.05, 0) is 105 Å². The summed E-state index contributed by atoms with van der Waals surface area (Å²) < 4.78 is 4.96. The fourth-order valence-corrected chi connectivity index (χ4v) is 9.09. The van der Waals surface area contributed by atoms with E-state index in [1.807, 2.05) is 6.92 Å². The van der Waals surface area contributed by atoms with Crippen molar-refractivity contribution in [1.82, 2.24) is 5.32 Å². The summed E-state index contributed by atoms with van der Waals surface area (Å²) in [5.74, 6) is -1.54. The van der Waals surface area contributed by atoms with E-state index in [1.54, 1.807) is 13.0 Å². The predicted molar refractivity (Wildman–Crippen MR) is 146 cm³/mol. The fraction of sp³-hybridized carbons (Fsp3) is 0.656. The number of ketones is 1. The van der Waals surface area contributed by atoms with E-state index >= 15 is 0 Å². The quantitative estimate of drug-likeness (QED) is 0.341. The molecule has 5 aliphatic carbocycles. The maximum absolute atomic E-state index is 12.7. The number of carbonyl (C=O) groups excluding carboxylic acids is 3. The Hall–Kier alpha value is -2.63. The maximum Gasteiger partial charge on any atom is 0.396 e. The minimum absolute atomic E-state index is 0.0146. The van der Waals surface area contributed by atoms with Crippen molar-refractivity contribution in [2.24, 2.45) is 27.6 Å². The topological polar surface area (TPSA) is 92.7 Å². The molecule has 206 valence electrons. The lowest BCUT2D eigenvalue weighted by molar-refractivity contribution is -0.162. The van der Waals surface area contributed by atoms with Crippen molar-refractivity contribution in [1.29, 1.82) is 0 Å². The third kappa shape index (κ3) is 3.54. The maximum atomic E-state index is 12.7. The molecule has 38 heavy (non-hydrogen) atoms. The van der Waals surface area contributed by atoms with Gasteiger partial charge in [0.25, 0.3) is 0 Å². The lowest BCUT2D eigenvalue weighted by Crippen LogP contribution is -2.64. The molecule has 0 radical (unpaired) electrons. The molecular weight excluding hydrogens is 478 g/mol. The first-order chi connectivity index (χ1) is 17.6. The molecule has 6 nitrogen and oxygen atoms in total. The number of aliphatic hydroxyl groups is 1. The average Bonchev–Trinajstić information content (AvgIpc) is 2.86. The van der Waals surface area contributed by atoms with E-state index in [-0.39, 0.29) is 39.8 Å². The van der Waals surface area contributed by atoms with Crippen LogP contribution in [0.2, 0.25) is 0 Å². The van der Waals surface area contributed by atoms with Gasteiger partial charge in [0, 0.05) is 16.5 Å². The van der Waals surface area contributed by atoms with Crippen molar-refractivity contribution in [3.8, 4) is 0 Å². The minimum atomic E-state index is -0.809. The van der Waals surface area contributed by atoms with Crippen LogP contribution in [0.25, 0.3) is 0 Å². The zero-order valence-corrected chi connectivity index (χ0v) is 24.0. The van der Waals surface area contributed by atoms with Gasteiger partial charge in [0.05, 0.1) is 6.61 Å². The Kier molecular flexibility index (Phi) is 5.98. The Labute approximate surface area is 226 Å². The van der Waals surface area contributed by atoms with Crippen LogP contribution in [0.5, 0.6) is 0 Å². The third-order valence-electron chi connectivity index (χ3n) is 11.7. The van der Waals surface area contributed by atoms with E-state index in [0.29, 0.717) is 11.5 Å². The number of ether oxygens (including phenoxy) is 1. The van der Waals surface area contributed by atoms with Gasteiger partial charge in [-0.15, -0.1) is 0 Å². The number of hydrogen-bond donors (Lipinski definition) is 2. The van der Waals surface area contributed by atoms with Gasteiger partial charge in [-0.25, -0.2) is 4.79 Å². The van der Waals surface area contributed by atoms with Crippen molar-refractivity contribution < 1.29 is 24.2 Å². The first-order valence-corrected chi connectivity index (χ1v) is 14.2. The molecule has 0 saturated heterocycles. The number of allylic oxidation sites excluding steroid dienone is 7. The minimum Gasteiger partial charge on any atom is -0.504 e. The molecule has 0 aromatic rings. The Bertz CT molecular complexity index is 1250. The van der Waals surface area contributed by atoms with E-state index in [4.69, 9.17) is 4.74 Å². The number of hydrogen-bond acceptors (Lipinski definition) is 5. The Morgan fingerprint density at radius 2 is 1.71 bits per heavy atom. The highest BCUT2D eigenvalue weighted by atomic mass is 16.5. The van der Waals surface area contributed by atoms with E-state index < -0.39 is 17.4 Å². The molecule has 2 N–H and O–H groups in total. The van der Waals surface area contributed by atoms with Gasteiger partial charge in [-0.1, -0.05) is 45.4 Å². The Morgan fingerprint density at radius 3 is 2.39 bits per heavy atom. The van der Waals surface area contributed by atoms with Crippen LogP contribution in [0.1, 0.15) is 93.4 Å². The van der Waals surface area contributed by atoms with Crippen LogP contribution >= 0.6 is 0 Å². The molecule has 3 saturated carbocycles. The summed E-state index contributed by atoms with van der Waals surface area (Å²) in [7, 11) is 0. The van der Waals surface area contributed by atoms with E-state index in [2.05, 4.69) is 52.1 Å². The summed E-state index contributed by atoms with van der Waals surface area (Å²) >= 11 is 0. The van der Waals surface area contributed by atoms with E-state index in [1.165, 1.54) is 5.57 Å². The third-order valence-corrected chi connectivity index (χ3v) is 11.7. The first kappa shape index (κ1) is 27.0. The van der Waals surface area contributed by atoms with Crippen molar-refractivity contribution in [2.75, 3.05) is 6.61 Å². The van der Waals surface area contributed by atoms with Crippen LogP contribution in [0.4, 0.5) is 0 Å². The van der Waals surface area contributed by atoms with Crippen LogP contribution < -0.4 is 5.32 Å². The summed E-state index contributed by atoms with van der Waals surface area (Å²) in [6.07, 6.45) is 12.8. The lowest BCUT2D eigenvalue weighted by Gasteiger charge is -2.70. The molecule has 0 bridgehead atoms. The van der Waals surface area contributed by atoms with Gasteiger partial charge in [0.15, 0.2) is 5.76 Å². The smallest absolute Gasteiger partial charge is 0.396 e. The standard InChI is InChI=1S/C32H43NO5/c1-8-38-27(37)26(36)33-29(4)13-11-28(3)12-15-31(6)23-10-9-20-19(2)25(35)22(34)17-21(20)30(23,5)14-16-32(31,7)24(28)18-29/h9-10,17,24,35H,8,11-16,18H2,1-7H3,(H,33,36)/t24?,28-,29-,30+,31-,32+/m1/s1. The average molecular weight is 522 g/mol. The molecule has 0 aromatic heterocycles. The summed E-state index contributed by atoms with van der Waals surface area (Å²) in [5, 5.41) is 13.4. The van der Waals surface area contributed by atoms with Gasteiger partial charge in [-0.3, -0.25) is 9.59 Å². The molecule has 0 heterocycles. The highest BCUT2D eigenvalue weighted by molar-refractivity contribution is 6.32. The van der Waals surface area contributed by atoms with Gasteiger partial charge >= 0.3 is 11.9 Å². The number of fused-ring (bicyclic) bond motifs is 7. The SMILES string of the molecule is CCOC(=O)C(=O)N[C@]1(C)CC[C@]2(C)CC[C@]3(C)C4=CC=C5C(=CC(=O)C(O)=C5C)[C@]4(C)CC[C@@]3(C)C2C1. The molecule has 0 aliphatic heterocycles. The molecular formula is C32H43NO5. The van der Waals surface area contributed by atoms with Crippen LogP contribution in [-0.4, -0.2) is 34.9 Å². The molecule has 6 heteroatoms. The summed E-state index contributed by atoms with van der Waals surface area (Å²) in [6.45, 7) is 15.4. The molecule has 0 aromatic carbocycles. The van der Waals surface area contributed by atoms with Gasteiger partial charge in [0.1, 0.15) is 0 Å². The predicted octanol–water partition coefficient (Wildman–Crippen LogP) is 6.04. The molecule has 6 atom stereocenters. The monoisotopic (exact) mass is 521 g/mol. The molecule has 5 aliphatic rings. The Morgan fingerprint density at radius 1 is 1.03 bits per heavy atom. The van der Waals surface area contributed by atoms with Crippen molar-refractivity contribution in [3.05, 3.63) is 46.3 Å². The number of carbonyl (C=O) groups is 3. The number of nitrogens with one attached hydrogen (secondary N) is 1. The molecule has 3 fully saturated rings. The highest BCUT2D eigenvalue weighted by Gasteiger charge is 2.66. The van der Waals surface area contributed by atoms with Gasteiger partial charge < -0.3 is 15.2 Å². The van der Waals surface area contributed by atoms with E-state index in [9.17, 15) is 19.5 Å². The van der Waals surface area contributed by atoms with Crippen LogP contribution in [0, 0.1) is 27.6 Å². The second kappa shape index (κ2) is 8.43. The lowest BCUT2D eigenvalue weighted by atomic mass is 9.35. The number of aliphatic hydroxyl groups excluding tert-OH is 1. The van der Waals surface area contributed by atoms with Gasteiger partial charge in [0.2, 0.25) is 5.78 Å². The van der Waals surface area contributed by atoms with Gasteiger partial charge in [-0.2, -0.15) is 0 Å². The van der Waals surface area contributed by atoms with Crippen LogP contribution in [-0.2, 0) is 19.1 Å². The van der Waals surface area contributed by atoms with Crippen molar-refractivity contribution in [2.45, 2.75) is 99.0 Å². The normalized spacial score (nSPS) is 41.9. The van der Waals surface area contributed by atoms with Crippen LogP contribution in [0.3, 0.4) is 0 Å². The number of amides is 1. The van der Waals surface area contributed by atoms with E-state index in [0.717, 1.165) is 56.1 Å². The summed E-state index contributed by atoms with van der Waals surface area (Å²) in [4.78, 5) is 37.5. The second-order valence-corrected chi connectivity index (χ2v) is 13.8. The zero-order chi connectivity index (χ0) is 27.9. The first-order valence-electron chi connectivity index (χ1n) is 14.2. The molecule has 5 rings (SSSR count). The van der Waals surface area contributed by atoms with Crippen LogP contribution in [0.15, 0.2) is 46.3 Å².